The number of sulfone groups is 1. The normalized spacial score (nSPS) is 11.6. The van der Waals surface area contributed by atoms with Gasteiger partial charge in [-0.05, 0) is 35.9 Å². The lowest BCUT2D eigenvalue weighted by molar-refractivity contribution is -0.112. The second kappa shape index (κ2) is 7.73. The summed E-state index contributed by atoms with van der Waals surface area (Å²) in [4.78, 5) is 12.1. The molecule has 0 aliphatic heterocycles. The van der Waals surface area contributed by atoms with Crippen molar-refractivity contribution in [3.63, 3.8) is 0 Å². The number of halogens is 1. The van der Waals surface area contributed by atoms with Crippen LogP contribution >= 0.6 is 11.6 Å². The van der Waals surface area contributed by atoms with E-state index in [9.17, 15) is 13.2 Å². The van der Waals surface area contributed by atoms with Crippen molar-refractivity contribution in [1.82, 2.24) is 10.2 Å². The molecule has 0 radical (unpaired) electrons. The zero-order valence-electron chi connectivity index (χ0n) is 14.1. The lowest BCUT2D eigenvalue weighted by atomic mass is 10.2. The number of amides is 1. The van der Waals surface area contributed by atoms with Gasteiger partial charge >= 0.3 is 6.01 Å². The fraction of sp³-hybridized carbons (Fsp3) is 0.0556. The first-order chi connectivity index (χ1) is 12.8. The molecule has 0 atom stereocenters. The lowest BCUT2D eigenvalue weighted by Crippen LogP contribution is -2.07. The average Bonchev–Trinajstić information content (AvgIpc) is 3.09. The number of benzene rings is 2. The molecule has 0 saturated carbocycles. The molecule has 3 aromatic rings. The molecule has 138 valence electrons. The molecule has 27 heavy (non-hydrogen) atoms. The molecule has 1 aromatic heterocycles. The Morgan fingerprint density at radius 2 is 1.93 bits per heavy atom. The molecule has 0 unspecified atom stereocenters. The van der Waals surface area contributed by atoms with Gasteiger partial charge in [-0.1, -0.05) is 41.0 Å². The van der Waals surface area contributed by atoms with Gasteiger partial charge in [-0.2, -0.15) is 0 Å². The molecule has 1 amide bonds. The van der Waals surface area contributed by atoms with Crippen molar-refractivity contribution in [3.8, 4) is 11.5 Å². The van der Waals surface area contributed by atoms with Crippen molar-refractivity contribution < 1.29 is 17.6 Å². The van der Waals surface area contributed by atoms with Crippen LogP contribution in [0.3, 0.4) is 0 Å². The van der Waals surface area contributed by atoms with Crippen LogP contribution in [-0.4, -0.2) is 30.8 Å². The average molecular weight is 404 g/mol. The van der Waals surface area contributed by atoms with Gasteiger partial charge in [0.15, 0.2) is 9.84 Å². The maximum absolute atomic E-state index is 12.0. The third-order valence-corrected chi connectivity index (χ3v) is 4.94. The Kier molecular flexibility index (Phi) is 5.38. The van der Waals surface area contributed by atoms with E-state index in [2.05, 4.69) is 15.5 Å². The van der Waals surface area contributed by atoms with Crippen LogP contribution in [0, 0.1) is 0 Å². The zero-order chi connectivity index (χ0) is 19.4. The number of hydrogen-bond donors (Lipinski definition) is 1. The molecular weight excluding hydrogens is 390 g/mol. The van der Waals surface area contributed by atoms with Crippen molar-refractivity contribution in [2.75, 3.05) is 11.6 Å². The minimum atomic E-state index is -3.36. The highest BCUT2D eigenvalue weighted by atomic mass is 35.5. The van der Waals surface area contributed by atoms with E-state index in [1.165, 1.54) is 18.2 Å². The Labute approximate surface area is 160 Å². The van der Waals surface area contributed by atoms with Gasteiger partial charge in [0.05, 0.1) is 4.90 Å². The Morgan fingerprint density at radius 3 is 2.67 bits per heavy atom. The quantitative estimate of drug-likeness (QED) is 0.654. The van der Waals surface area contributed by atoms with Gasteiger partial charge in [0.2, 0.25) is 5.89 Å². The van der Waals surface area contributed by atoms with Crippen LogP contribution in [0.1, 0.15) is 5.56 Å². The predicted octanol–water partition coefficient (Wildman–Crippen LogP) is 3.45. The fourth-order valence-electron chi connectivity index (χ4n) is 2.17. The fourth-order valence-corrected chi connectivity index (χ4v) is 3.04. The zero-order valence-corrected chi connectivity index (χ0v) is 15.7. The van der Waals surface area contributed by atoms with Gasteiger partial charge < -0.3 is 4.42 Å². The van der Waals surface area contributed by atoms with E-state index < -0.39 is 15.7 Å². The summed E-state index contributed by atoms with van der Waals surface area (Å²) in [5.41, 5.74) is 1.12. The smallest absolute Gasteiger partial charge is 0.322 e. The molecule has 2 aromatic carbocycles. The van der Waals surface area contributed by atoms with Gasteiger partial charge in [0.25, 0.3) is 5.91 Å². The minimum Gasteiger partial charge on any atom is -0.403 e. The minimum absolute atomic E-state index is 0.0888. The molecule has 9 heteroatoms. The SMILES string of the molecule is CS(=O)(=O)c1cccc(-c2nnc(NC(=O)C=Cc3ccccc3Cl)o2)c1. The van der Waals surface area contributed by atoms with Crippen LogP contribution in [-0.2, 0) is 14.6 Å². The highest BCUT2D eigenvalue weighted by molar-refractivity contribution is 7.90. The van der Waals surface area contributed by atoms with Gasteiger partial charge in [-0.3, -0.25) is 10.1 Å². The Hall–Kier alpha value is -2.97. The number of hydrogen-bond acceptors (Lipinski definition) is 6. The Balaban J connectivity index is 1.73. The summed E-state index contributed by atoms with van der Waals surface area (Å²) in [7, 11) is -3.36. The van der Waals surface area contributed by atoms with Gasteiger partial charge in [0, 0.05) is 22.9 Å². The van der Waals surface area contributed by atoms with Crippen LogP contribution in [0.25, 0.3) is 17.5 Å². The van der Waals surface area contributed by atoms with E-state index in [4.69, 9.17) is 16.0 Å². The number of carbonyl (C=O) groups is 1. The second-order valence-corrected chi connectivity index (χ2v) is 7.98. The lowest BCUT2D eigenvalue weighted by Gasteiger charge is -2.00. The van der Waals surface area contributed by atoms with Crippen molar-refractivity contribution in [1.29, 1.82) is 0 Å². The van der Waals surface area contributed by atoms with Gasteiger partial charge in [0.1, 0.15) is 0 Å². The summed E-state index contributed by atoms with van der Waals surface area (Å²) in [6.07, 6.45) is 3.96. The highest BCUT2D eigenvalue weighted by Crippen LogP contribution is 2.23. The molecule has 0 aliphatic carbocycles. The van der Waals surface area contributed by atoms with Crippen LogP contribution in [0.2, 0.25) is 5.02 Å². The highest BCUT2D eigenvalue weighted by Gasteiger charge is 2.13. The molecule has 0 saturated heterocycles. The van der Waals surface area contributed by atoms with E-state index >= 15 is 0 Å². The van der Waals surface area contributed by atoms with Crippen LogP contribution in [0.5, 0.6) is 0 Å². The van der Waals surface area contributed by atoms with Crippen molar-refractivity contribution >= 4 is 39.4 Å². The number of anilines is 1. The topological polar surface area (TPSA) is 102 Å². The molecule has 1 heterocycles. The monoisotopic (exact) mass is 403 g/mol. The number of rotatable bonds is 5. The van der Waals surface area contributed by atoms with Gasteiger partial charge in [-0.25, -0.2) is 8.42 Å². The summed E-state index contributed by atoms with van der Waals surface area (Å²) >= 11 is 6.02. The van der Waals surface area contributed by atoms with E-state index in [1.54, 1.807) is 42.5 Å². The van der Waals surface area contributed by atoms with Crippen LogP contribution in [0.4, 0.5) is 6.01 Å². The summed E-state index contributed by atoms with van der Waals surface area (Å²) in [5, 5.41) is 10.5. The molecule has 0 aliphatic rings. The summed E-state index contributed by atoms with van der Waals surface area (Å²) in [6, 6.07) is 13.1. The standard InChI is InChI=1S/C18H14ClN3O4S/c1-27(24,25)14-7-4-6-13(11-14)17-21-22-18(26-17)20-16(23)10-9-12-5-2-3-8-15(12)19/h2-11H,1H3,(H,20,22,23). The van der Waals surface area contributed by atoms with Crippen LogP contribution in [0.15, 0.2) is 63.9 Å². The predicted molar refractivity (Wildman–Crippen MR) is 102 cm³/mol. The summed E-state index contributed by atoms with van der Waals surface area (Å²) < 4.78 is 28.7. The van der Waals surface area contributed by atoms with E-state index in [1.807, 2.05) is 0 Å². The first-order valence-corrected chi connectivity index (χ1v) is 9.97. The van der Waals surface area contributed by atoms with Gasteiger partial charge in [-0.15, -0.1) is 5.10 Å². The molecule has 3 rings (SSSR count). The van der Waals surface area contributed by atoms with E-state index in [0.29, 0.717) is 16.1 Å². The molecule has 0 fully saturated rings. The Bertz CT molecular complexity index is 1120. The first-order valence-electron chi connectivity index (χ1n) is 7.70. The molecule has 0 bridgehead atoms. The summed E-state index contributed by atoms with van der Waals surface area (Å²) in [6.45, 7) is 0. The summed E-state index contributed by atoms with van der Waals surface area (Å²) in [5.74, 6) is -0.388. The third-order valence-electron chi connectivity index (χ3n) is 3.48. The molecule has 1 N–H and O–H groups in total. The Morgan fingerprint density at radius 1 is 1.15 bits per heavy atom. The maximum Gasteiger partial charge on any atom is 0.322 e. The molecule has 7 nitrogen and oxygen atoms in total. The maximum atomic E-state index is 12.0. The second-order valence-electron chi connectivity index (χ2n) is 5.56. The number of aromatic nitrogens is 2. The largest absolute Gasteiger partial charge is 0.403 e. The number of nitrogens with one attached hydrogen (secondary N) is 1. The molecule has 0 spiro atoms. The van der Waals surface area contributed by atoms with E-state index in [-0.39, 0.29) is 16.8 Å². The van der Waals surface area contributed by atoms with Crippen LogP contribution < -0.4 is 5.32 Å². The first kappa shape index (κ1) is 18.8. The number of nitrogens with zero attached hydrogens (tertiary/aromatic N) is 2. The third kappa shape index (κ3) is 4.81. The number of carbonyl (C=O) groups excluding carboxylic acids is 1. The molecular formula is C18H14ClN3O4S. The van der Waals surface area contributed by atoms with Crippen molar-refractivity contribution in [3.05, 3.63) is 65.2 Å². The van der Waals surface area contributed by atoms with Crippen molar-refractivity contribution in [2.24, 2.45) is 0 Å². The van der Waals surface area contributed by atoms with Crippen molar-refractivity contribution in [2.45, 2.75) is 4.90 Å². The van der Waals surface area contributed by atoms with E-state index in [0.717, 1.165) is 6.26 Å².